The first-order valence-corrected chi connectivity index (χ1v) is 13.5. The third-order valence-corrected chi connectivity index (χ3v) is 12.1. The third-order valence-electron chi connectivity index (χ3n) is 12.1. The second kappa shape index (κ2) is 7.68. The topological polar surface area (TPSA) is 81.5 Å². The van der Waals surface area contributed by atoms with Crippen LogP contribution in [0.15, 0.2) is 0 Å². The Morgan fingerprint density at radius 3 is 2.48 bits per heavy atom. The van der Waals surface area contributed by atoms with E-state index in [4.69, 9.17) is 16.2 Å². The average molecular weight is 433 g/mol. The maximum atomic E-state index is 10.7. The first-order chi connectivity index (χ1) is 14.6. The van der Waals surface area contributed by atoms with Crippen molar-refractivity contribution in [3.63, 3.8) is 0 Å². The molecule has 0 radical (unpaired) electrons. The van der Waals surface area contributed by atoms with Crippen molar-refractivity contribution in [2.24, 2.45) is 51.9 Å². The molecule has 1 heterocycles. The molecule has 178 valence electrons. The van der Waals surface area contributed by atoms with Gasteiger partial charge in [0.2, 0.25) is 0 Å². The molecule has 4 saturated carbocycles. The molecule has 4 nitrogen and oxygen atoms in total. The van der Waals surface area contributed by atoms with E-state index in [0.717, 1.165) is 17.8 Å². The lowest BCUT2D eigenvalue weighted by Crippen LogP contribution is -2.66. The lowest BCUT2D eigenvalue weighted by atomic mass is 9.42. The molecule has 0 amide bonds. The number of aliphatic hydroxyl groups excluding tert-OH is 1. The highest BCUT2D eigenvalue weighted by Crippen LogP contribution is 2.69. The van der Waals surface area contributed by atoms with Gasteiger partial charge in [0, 0.05) is 11.6 Å². The van der Waals surface area contributed by atoms with Gasteiger partial charge in [-0.15, -0.1) is 0 Å². The maximum absolute atomic E-state index is 10.7. The molecule has 2 unspecified atom stereocenters. The zero-order valence-corrected chi connectivity index (χ0v) is 20.5. The molecule has 0 aromatic carbocycles. The summed E-state index contributed by atoms with van der Waals surface area (Å²) in [4.78, 5) is 0. The van der Waals surface area contributed by atoms with Gasteiger partial charge in [-0.05, 0) is 112 Å². The van der Waals surface area contributed by atoms with E-state index in [-0.39, 0.29) is 23.8 Å². The van der Waals surface area contributed by atoms with Crippen LogP contribution in [0.3, 0.4) is 0 Å². The molecular weight excluding hydrogens is 384 g/mol. The van der Waals surface area contributed by atoms with Crippen LogP contribution in [-0.4, -0.2) is 35.0 Å². The molecule has 12 atom stereocenters. The summed E-state index contributed by atoms with van der Waals surface area (Å²) >= 11 is 0. The monoisotopic (exact) mass is 432 g/mol. The molecule has 5 rings (SSSR count). The molecule has 5 aliphatic rings. The minimum absolute atomic E-state index is 0.0206. The smallest absolute Gasteiger partial charge is 0.0867 e. The predicted molar refractivity (Wildman–Crippen MR) is 125 cm³/mol. The molecule has 1 saturated heterocycles. The summed E-state index contributed by atoms with van der Waals surface area (Å²) in [6.07, 6.45) is 13.2. The molecule has 31 heavy (non-hydrogen) atoms. The van der Waals surface area contributed by atoms with Crippen molar-refractivity contribution in [1.82, 2.24) is 0 Å². The number of hydrogen-bond donors (Lipinski definition) is 3. The van der Waals surface area contributed by atoms with E-state index in [1.807, 2.05) is 0 Å². The second-order valence-electron chi connectivity index (χ2n) is 12.9. The Balaban J connectivity index is 1.34. The number of hydrogen-bond acceptors (Lipinski definition) is 4. The van der Waals surface area contributed by atoms with Crippen LogP contribution in [0.4, 0.5) is 0 Å². The van der Waals surface area contributed by atoms with Gasteiger partial charge in [0.25, 0.3) is 0 Å². The van der Waals surface area contributed by atoms with Crippen molar-refractivity contribution in [1.29, 1.82) is 0 Å². The highest BCUT2D eigenvalue weighted by atomic mass is 16.5. The fraction of sp³-hybridized carbons (Fsp3) is 1.00. The first-order valence-electron chi connectivity index (χ1n) is 13.5. The Morgan fingerprint density at radius 1 is 0.968 bits per heavy atom. The molecule has 5 N–H and O–H groups in total. The SMILES string of the molecule is CC[C@H]1CC[C@@]2(N)[C@@H]3CCC4CC([C@@H]5O[C@H](C)[C@H](N)C[C@H]5O)CC[C@]4(C)[C@H]3CC[C@]12C. The van der Waals surface area contributed by atoms with E-state index in [2.05, 4.69) is 27.7 Å². The van der Waals surface area contributed by atoms with Gasteiger partial charge in [-0.2, -0.15) is 0 Å². The molecule has 0 bridgehead atoms. The zero-order chi connectivity index (χ0) is 22.2. The molecule has 0 spiro atoms. The minimum atomic E-state index is -0.399. The largest absolute Gasteiger partial charge is 0.390 e. The Kier molecular flexibility index (Phi) is 5.61. The van der Waals surface area contributed by atoms with Crippen molar-refractivity contribution in [3.05, 3.63) is 0 Å². The highest BCUT2D eigenvalue weighted by molar-refractivity contribution is 5.19. The minimum Gasteiger partial charge on any atom is -0.390 e. The number of aliphatic hydroxyl groups is 1. The molecular formula is C27H48N2O2. The van der Waals surface area contributed by atoms with E-state index in [9.17, 15) is 5.11 Å². The number of fused-ring (bicyclic) bond motifs is 5. The molecule has 0 aromatic heterocycles. The summed E-state index contributed by atoms with van der Waals surface area (Å²) in [5.41, 5.74) is 14.4. The summed E-state index contributed by atoms with van der Waals surface area (Å²) in [7, 11) is 0. The van der Waals surface area contributed by atoms with Crippen LogP contribution < -0.4 is 11.5 Å². The molecule has 5 fully saturated rings. The maximum Gasteiger partial charge on any atom is 0.0867 e. The van der Waals surface area contributed by atoms with Crippen LogP contribution in [0.1, 0.15) is 98.3 Å². The molecule has 4 heteroatoms. The van der Waals surface area contributed by atoms with Crippen LogP contribution in [0, 0.1) is 40.4 Å². The fourth-order valence-corrected chi connectivity index (χ4v) is 9.90. The fourth-order valence-electron chi connectivity index (χ4n) is 9.90. The quantitative estimate of drug-likeness (QED) is 0.595. The number of rotatable bonds is 2. The van der Waals surface area contributed by atoms with Gasteiger partial charge in [0.1, 0.15) is 0 Å². The first kappa shape index (κ1) is 22.6. The van der Waals surface area contributed by atoms with Crippen LogP contribution in [0.2, 0.25) is 0 Å². The number of nitrogens with two attached hydrogens (primary N) is 2. The average Bonchev–Trinajstić information content (AvgIpc) is 3.01. The summed E-state index contributed by atoms with van der Waals surface area (Å²) in [5, 5.41) is 10.7. The van der Waals surface area contributed by atoms with Crippen molar-refractivity contribution in [2.45, 2.75) is 128 Å². The lowest BCUT2D eigenvalue weighted by Gasteiger charge is -2.65. The summed E-state index contributed by atoms with van der Waals surface area (Å²) in [6, 6.07) is -0.0359. The van der Waals surface area contributed by atoms with Gasteiger partial charge in [0.05, 0.1) is 18.3 Å². The van der Waals surface area contributed by atoms with Crippen molar-refractivity contribution >= 4 is 0 Å². The second-order valence-corrected chi connectivity index (χ2v) is 12.9. The van der Waals surface area contributed by atoms with Gasteiger partial charge >= 0.3 is 0 Å². The Bertz CT molecular complexity index is 686. The summed E-state index contributed by atoms with van der Waals surface area (Å²) < 4.78 is 6.28. The molecule has 1 aliphatic heterocycles. The van der Waals surface area contributed by atoms with Gasteiger partial charge in [0.15, 0.2) is 0 Å². The van der Waals surface area contributed by atoms with E-state index in [1.165, 1.54) is 64.2 Å². The van der Waals surface area contributed by atoms with Crippen molar-refractivity contribution < 1.29 is 9.84 Å². The Morgan fingerprint density at radius 2 is 1.74 bits per heavy atom. The predicted octanol–water partition coefficient (Wildman–Crippen LogP) is 4.62. The number of ether oxygens (including phenoxy) is 1. The third kappa shape index (κ3) is 3.14. The van der Waals surface area contributed by atoms with Crippen molar-refractivity contribution in [3.8, 4) is 0 Å². The van der Waals surface area contributed by atoms with Gasteiger partial charge < -0.3 is 21.3 Å². The van der Waals surface area contributed by atoms with Gasteiger partial charge in [-0.1, -0.05) is 27.2 Å². The zero-order valence-electron chi connectivity index (χ0n) is 20.5. The van der Waals surface area contributed by atoms with Crippen LogP contribution in [0.25, 0.3) is 0 Å². The van der Waals surface area contributed by atoms with Crippen LogP contribution in [0.5, 0.6) is 0 Å². The normalized spacial score (nSPS) is 59.5. The molecule has 4 aliphatic carbocycles. The highest BCUT2D eigenvalue weighted by Gasteiger charge is 2.65. The molecule has 0 aromatic rings. The van der Waals surface area contributed by atoms with Gasteiger partial charge in [-0.25, -0.2) is 0 Å². The van der Waals surface area contributed by atoms with Crippen LogP contribution in [-0.2, 0) is 4.74 Å². The Hall–Kier alpha value is -0.160. The van der Waals surface area contributed by atoms with E-state index in [0.29, 0.717) is 29.1 Å². The lowest BCUT2D eigenvalue weighted by molar-refractivity contribution is -0.174. The summed E-state index contributed by atoms with van der Waals surface area (Å²) in [6.45, 7) is 9.61. The van der Waals surface area contributed by atoms with E-state index < -0.39 is 6.10 Å². The standard InChI is InChI=1S/C27H48N2O2/c1-5-18-9-13-27(29)21-7-6-19-14-17(24-23(30)15-22(28)16(2)31-24)8-11-25(19,3)20(21)10-12-26(18,27)4/h16-24,30H,5-15,28-29H2,1-4H3/t16-,17?,18+,19?,20+,21-,22-,23-,24+,25+,26-,27-/m1/s1. The van der Waals surface area contributed by atoms with E-state index in [1.54, 1.807) is 0 Å². The summed E-state index contributed by atoms with van der Waals surface area (Å²) in [5.74, 6) is 3.54. The van der Waals surface area contributed by atoms with Crippen LogP contribution >= 0.6 is 0 Å². The van der Waals surface area contributed by atoms with Crippen molar-refractivity contribution in [2.75, 3.05) is 0 Å². The van der Waals surface area contributed by atoms with Gasteiger partial charge in [-0.3, -0.25) is 0 Å². The van der Waals surface area contributed by atoms with E-state index >= 15 is 0 Å². The Labute approximate surface area is 190 Å².